The van der Waals surface area contributed by atoms with Crippen molar-refractivity contribution >= 4 is 40.4 Å². The highest BCUT2D eigenvalue weighted by molar-refractivity contribution is 8.00. The summed E-state index contributed by atoms with van der Waals surface area (Å²) in [4.78, 5) is 1.23. The van der Waals surface area contributed by atoms with Crippen LogP contribution in [0.2, 0.25) is 0 Å². The van der Waals surface area contributed by atoms with Gasteiger partial charge in [0.2, 0.25) is 17.1 Å². The normalized spacial score (nSPS) is 21.0. The van der Waals surface area contributed by atoms with Crippen LogP contribution in [-0.2, 0) is 21.1 Å². The molecule has 5 nitrogen and oxygen atoms in total. The summed E-state index contributed by atoms with van der Waals surface area (Å²) in [5.41, 5.74) is 20.5. The van der Waals surface area contributed by atoms with E-state index in [4.69, 9.17) is 5.73 Å². The van der Waals surface area contributed by atoms with E-state index in [2.05, 4.69) is 202 Å². The largest absolute Gasteiger partial charge is 0.398 e. The van der Waals surface area contributed by atoms with Gasteiger partial charge in [-0.15, -0.1) is 11.8 Å². The molecule has 1 aliphatic heterocycles. The summed E-state index contributed by atoms with van der Waals surface area (Å²) in [6.45, 7) is 9.14. The summed E-state index contributed by atoms with van der Waals surface area (Å²) in [6.07, 6.45) is 31.9. The number of nitrogen functional groups attached to an aromatic ring is 1. The first-order chi connectivity index (χ1) is 28.0. The first-order valence-electron chi connectivity index (χ1n) is 21.4. The zero-order valence-electron chi connectivity index (χ0n) is 36.3. The maximum Gasteiger partial charge on any atom is 0.215 e. The Morgan fingerprint density at radius 1 is 0.793 bits per heavy atom. The molecule has 8 rings (SSSR count). The van der Waals surface area contributed by atoms with E-state index in [9.17, 15) is 0 Å². The third-order valence-electron chi connectivity index (χ3n) is 12.3. The Kier molecular flexibility index (Phi) is 14.8. The lowest BCUT2D eigenvalue weighted by Crippen LogP contribution is -2.32. The maximum atomic E-state index is 6.61. The van der Waals surface area contributed by atoms with E-state index >= 15 is 0 Å². The molecular formula is C52H66N5S+3. The van der Waals surface area contributed by atoms with Crippen LogP contribution in [0.25, 0.3) is 16.7 Å². The van der Waals surface area contributed by atoms with Gasteiger partial charge in [0.05, 0.1) is 11.3 Å². The van der Waals surface area contributed by atoms with Crippen molar-refractivity contribution in [3.63, 3.8) is 0 Å². The molecule has 3 aliphatic carbocycles. The van der Waals surface area contributed by atoms with Crippen molar-refractivity contribution in [3.05, 3.63) is 161 Å². The van der Waals surface area contributed by atoms with E-state index in [1.807, 2.05) is 11.8 Å². The number of hydrogen-bond donors (Lipinski definition) is 1. The molecule has 0 radical (unpaired) electrons. The van der Waals surface area contributed by atoms with E-state index in [1.165, 1.54) is 112 Å². The van der Waals surface area contributed by atoms with Gasteiger partial charge in [-0.25, -0.2) is 13.7 Å². The summed E-state index contributed by atoms with van der Waals surface area (Å²) in [5.74, 6) is 1.71. The first-order valence-corrected chi connectivity index (χ1v) is 22.2. The standard InChI is InChI=1S/C26H34N3S.2C13H16N/c1-5-19-16-21(12-10-18(19)2)30-25-13-11-20(17-22(25)27)26(23-8-6-14-28(23)3)24-9-7-15-29(24)4;2*1-11-7-3-4-8-12(11)13-9-5-6-10-14(13)2/h6-9,11,13-15,17-19,21H,5,10,12,16,27H2,1-4H3;2*5-10H,3-4H2,1-2H3/q3*+1. The molecule has 0 saturated heterocycles. The Balaban J connectivity index is 0.000000167. The molecule has 3 atom stereocenters. The van der Waals surface area contributed by atoms with Crippen LogP contribution < -0.4 is 14.9 Å². The molecule has 0 bridgehead atoms. The maximum absolute atomic E-state index is 6.61. The minimum Gasteiger partial charge on any atom is -0.398 e. The molecule has 1 saturated carbocycles. The fraction of sp³-hybridized carbons (Fsp3) is 0.365. The van der Waals surface area contributed by atoms with Gasteiger partial charge in [0, 0.05) is 76.6 Å². The number of thioether (sulfide) groups is 1. The topological polar surface area (TPSA) is 41.7 Å². The molecular weight excluding hydrogens is 727 g/mol. The second kappa shape index (κ2) is 20.2. The van der Waals surface area contributed by atoms with Crippen LogP contribution in [0.15, 0.2) is 144 Å². The summed E-state index contributed by atoms with van der Waals surface area (Å²) < 4.78 is 8.70. The molecule has 2 N–H and O–H groups in total. The number of aromatic nitrogens is 3. The molecule has 1 fully saturated rings. The van der Waals surface area contributed by atoms with Crippen LogP contribution >= 0.6 is 11.8 Å². The second-order valence-electron chi connectivity index (χ2n) is 16.4. The highest BCUT2D eigenvalue weighted by Gasteiger charge is 2.28. The lowest BCUT2D eigenvalue weighted by molar-refractivity contribution is -0.673. The van der Waals surface area contributed by atoms with Crippen molar-refractivity contribution in [3.8, 4) is 0 Å². The van der Waals surface area contributed by atoms with Crippen LogP contribution in [0.1, 0.15) is 102 Å². The van der Waals surface area contributed by atoms with Gasteiger partial charge in [-0.2, -0.15) is 0 Å². The Hall–Kier alpha value is -4.94. The molecule has 6 heteroatoms. The Bertz CT molecular complexity index is 2210. The fourth-order valence-corrected chi connectivity index (χ4v) is 10.0. The molecule has 0 spiro atoms. The number of hydrogen-bond acceptors (Lipinski definition) is 2. The van der Waals surface area contributed by atoms with E-state index < -0.39 is 0 Å². The summed E-state index contributed by atoms with van der Waals surface area (Å²) in [7, 11) is 8.39. The zero-order chi connectivity index (χ0) is 41.2. The monoisotopic (exact) mass is 793 g/mol. The molecule has 4 aliphatic rings. The van der Waals surface area contributed by atoms with Crippen molar-refractivity contribution in [1.29, 1.82) is 0 Å². The summed E-state index contributed by atoms with van der Waals surface area (Å²) >= 11 is 1.99. The second-order valence-corrected chi connectivity index (χ2v) is 17.7. The number of allylic oxidation sites excluding steroid dienone is 10. The number of benzene rings is 1. The number of rotatable bonds is 7. The predicted octanol–water partition coefficient (Wildman–Crippen LogP) is 11.2. The fourth-order valence-electron chi connectivity index (χ4n) is 8.72. The molecule has 3 aromatic heterocycles. The van der Waals surface area contributed by atoms with E-state index in [-0.39, 0.29) is 0 Å². The first kappa shape index (κ1) is 42.7. The van der Waals surface area contributed by atoms with Crippen LogP contribution in [0, 0.1) is 11.8 Å². The van der Waals surface area contributed by atoms with Gasteiger partial charge in [0.25, 0.3) is 0 Å². The summed E-state index contributed by atoms with van der Waals surface area (Å²) in [6, 6.07) is 23.6. The lowest BCUT2D eigenvalue weighted by atomic mass is 9.79. The van der Waals surface area contributed by atoms with Crippen molar-refractivity contribution in [2.45, 2.75) is 89.2 Å². The minimum absolute atomic E-state index is 0.684. The van der Waals surface area contributed by atoms with Crippen molar-refractivity contribution in [1.82, 2.24) is 4.57 Å². The number of anilines is 1. The van der Waals surface area contributed by atoms with Crippen molar-refractivity contribution in [2.75, 3.05) is 12.8 Å². The van der Waals surface area contributed by atoms with Crippen LogP contribution in [0.5, 0.6) is 0 Å². The zero-order valence-corrected chi connectivity index (χ0v) is 37.1. The number of aryl methyl sites for hydroxylation is 3. The van der Waals surface area contributed by atoms with Crippen molar-refractivity contribution < 1.29 is 13.7 Å². The molecule has 3 unspecified atom stereocenters. The number of pyridine rings is 2. The number of likely N-dealkylation sites (N-methyl/N-ethyl adjacent to an activating group) is 1. The van der Waals surface area contributed by atoms with Gasteiger partial charge in [0.1, 0.15) is 21.1 Å². The molecule has 0 amide bonds. The summed E-state index contributed by atoms with van der Waals surface area (Å²) in [5, 5.41) is 0.684. The Labute approximate surface area is 353 Å². The quantitative estimate of drug-likeness (QED) is 0.150. The van der Waals surface area contributed by atoms with Crippen LogP contribution in [-0.4, -0.2) is 27.7 Å². The Morgan fingerprint density at radius 3 is 1.91 bits per heavy atom. The van der Waals surface area contributed by atoms with Gasteiger partial charge in [0.15, 0.2) is 18.6 Å². The highest BCUT2D eigenvalue weighted by Crippen LogP contribution is 2.42. The molecule has 4 aromatic rings. The predicted molar refractivity (Wildman–Crippen MR) is 247 cm³/mol. The van der Waals surface area contributed by atoms with Gasteiger partial charge in [-0.3, -0.25) is 0 Å². The molecule has 1 aromatic carbocycles. The smallest absolute Gasteiger partial charge is 0.215 e. The van der Waals surface area contributed by atoms with E-state index in [1.54, 1.807) is 0 Å². The Morgan fingerprint density at radius 2 is 1.41 bits per heavy atom. The SMILES string of the molecule is CC1=CCCC=C1c1cccc[n+]1C.CC1=CCCC=C1c1cccc[n+]1C.CCC1CC(Sc2ccc(/C(=C3\C=CC=[N+]3C)c3cccn3C)cc2N)CCC1C. The van der Waals surface area contributed by atoms with Gasteiger partial charge < -0.3 is 10.3 Å². The average Bonchev–Trinajstić information content (AvgIpc) is 3.85. The molecule has 4 heterocycles. The lowest BCUT2D eigenvalue weighted by Gasteiger charge is -2.33. The van der Waals surface area contributed by atoms with Gasteiger partial charge in [-0.05, 0) is 124 Å². The molecule has 302 valence electrons. The van der Waals surface area contributed by atoms with Crippen molar-refractivity contribution in [2.24, 2.45) is 33.0 Å². The third-order valence-corrected chi connectivity index (χ3v) is 13.7. The number of nitrogens with zero attached hydrogens (tertiary/aromatic N) is 4. The van der Waals surface area contributed by atoms with E-state index in [0.717, 1.165) is 17.5 Å². The van der Waals surface area contributed by atoms with Gasteiger partial charge in [-0.1, -0.05) is 50.6 Å². The average molecular weight is 793 g/mol. The molecule has 58 heavy (non-hydrogen) atoms. The third kappa shape index (κ3) is 10.4. The van der Waals surface area contributed by atoms with Crippen LogP contribution in [0.3, 0.4) is 0 Å². The van der Waals surface area contributed by atoms with E-state index in [0.29, 0.717) is 5.25 Å². The van der Waals surface area contributed by atoms with Crippen LogP contribution in [0.4, 0.5) is 5.69 Å². The minimum atomic E-state index is 0.684. The van der Waals surface area contributed by atoms with Gasteiger partial charge >= 0.3 is 0 Å². The highest BCUT2D eigenvalue weighted by atomic mass is 32.2. The number of nitrogens with two attached hydrogens (primary N) is 1.